The fourth-order valence-electron chi connectivity index (χ4n) is 3.92. The molecule has 31 heavy (non-hydrogen) atoms. The predicted molar refractivity (Wildman–Crippen MR) is 133 cm³/mol. The van der Waals surface area contributed by atoms with Crippen LogP contribution in [0.15, 0.2) is 91.0 Å². The van der Waals surface area contributed by atoms with Gasteiger partial charge in [-0.05, 0) is 0 Å². The molecule has 3 aromatic carbocycles. The van der Waals surface area contributed by atoms with Crippen molar-refractivity contribution in [2.75, 3.05) is 26.8 Å². The zero-order valence-corrected chi connectivity index (χ0v) is 20.0. The van der Waals surface area contributed by atoms with Crippen molar-refractivity contribution < 1.29 is 19.2 Å². The predicted octanol–water partition coefficient (Wildman–Crippen LogP) is 3.13. The Morgan fingerprint density at radius 2 is 1.00 bits per heavy atom. The average Bonchev–Trinajstić information content (AvgIpc) is 2.75. The molecule has 0 radical (unpaired) electrons. The summed E-state index contributed by atoms with van der Waals surface area (Å²) in [6, 6.07) is 33.6. The van der Waals surface area contributed by atoms with Crippen LogP contribution in [0, 0.1) is 0 Å². The van der Waals surface area contributed by atoms with E-state index in [1.165, 1.54) is 34.9 Å². The van der Waals surface area contributed by atoms with Gasteiger partial charge in [-0.25, -0.2) is 4.57 Å². The van der Waals surface area contributed by atoms with Crippen LogP contribution in [0.4, 0.5) is 0 Å². The number of rotatable bonds is 8. The number of hydrogen-bond acceptors (Lipinski definition) is 2. The SMILES string of the molecule is CN(C)CCCC[PH](c1ccccc1)(c1ccccc1)c1ccccc1.O=P(O)(O)O. The smallest absolute Gasteiger partial charge is 0.303 e. The molecule has 0 saturated carbocycles. The molecule has 0 unspecified atom stereocenters. The summed E-state index contributed by atoms with van der Waals surface area (Å²) in [5.74, 6) is 0. The third-order valence-electron chi connectivity index (χ3n) is 5.21. The first-order chi connectivity index (χ1) is 14.7. The van der Waals surface area contributed by atoms with Crippen LogP contribution in [0.5, 0.6) is 0 Å². The monoisotopic (exact) mass is 461 g/mol. The van der Waals surface area contributed by atoms with E-state index in [0.717, 1.165) is 6.54 Å². The van der Waals surface area contributed by atoms with E-state index in [0.29, 0.717) is 0 Å². The molecule has 3 rings (SSSR count). The summed E-state index contributed by atoms with van der Waals surface area (Å²) in [6.07, 6.45) is 3.75. The quantitative estimate of drug-likeness (QED) is 0.355. The van der Waals surface area contributed by atoms with Crippen molar-refractivity contribution in [1.82, 2.24) is 4.90 Å². The molecule has 0 amide bonds. The molecule has 0 aliphatic heterocycles. The zero-order chi connectivity index (χ0) is 22.7. The number of unbranched alkanes of at least 4 members (excludes halogenated alkanes) is 1. The van der Waals surface area contributed by atoms with Crippen LogP contribution in [0.25, 0.3) is 0 Å². The molecule has 3 N–H and O–H groups in total. The Hall–Kier alpha value is -1.84. The topological polar surface area (TPSA) is 81.0 Å². The minimum atomic E-state index is -4.64. The average molecular weight is 461 g/mol. The van der Waals surface area contributed by atoms with E-state index in [4.69, 9.17) is 19.2 Å². The van der Waals surface area contributed by atoms with Crippen molar-refractivity contribution in [2.24, 2.45) is 0 Å². The molecule has 0 aromatic heterocycles. The summed E-state index contributed by atoms with van der Waals surface area (Å²) in [5, 5.41) is 4.55. The van der Waals surface area contributed by atoms with Gasteiger partial charge in [0.05, 0.1) is 0 Å². The Labute approximate surface area is 186 Å². The molecule has 7 heteroatoms. The number of phosphoric acid groups is 1. The molecule has 0 heterocycles. The summed E-state index contributed by atoms with van der Waals surface area (Å²) < 4.78 is 8.88. The number of nitrogens with zero attached hydrogens (tertiary/aromatic N) is 1. The van der Waals surface area contributed by atoms with Gasteiger partial charge in [0.25, 0.3) is 0 Å². The fourth-order valence-corrected chi connectivity index (χ4v) is 8.85. The Bertz CT molecular complexity index is 827. The summed E-state index contributed by atoms with van der Waals surface area (Å²) in [5.41, 5.74) is 0. The van der Waals surface area contributed by atoms with E-state index in [2.05, 4.69) is 110 Å². The summed E-state index contributed by atoms with van der Waals surface area (Å²) in [6.45, 7) is 1.16. The van der Waals surface area contributed by atoms with Crippen molar-refractivity contribution in [3.63, 3.8) is 0 Å². The van der Waals surface area contributed by atoms with Crippen LogP contribution < -0.4 is 15.9 Å². The minimum absolute atomic E-state index is 1.16. The zero-order valence-electron chi connectivity index (χ0n) is 18.1. The van der Waals surface area contributed by atoms with Crippen molar-refractivity contribution in [2.45, 2.75) is 12.8 Å². The van der Waals surface area contributed by atoms with Gasteiger partial charge >= 0.3 is 167 Å². The van der Waals surface area contributed by atoms with Crippen molar-refractivity contribution in [1.29, 1.82) is 0 Å². The van der Waals surface area contributed by atoms with E-state index < -0.39 is 15.1 Å². The van der Waals surface area contributed by atoms with Gasteiger partial charge in [0.15, 0.2) is 0 Å². The van der Waals surface area contributed by atoms with Crippen molar-refractivity contribution in [3.05, 3.63) is 91.0 Å². The molecule has 0 aliphatic rings. The second-order valence-electron chi connectivity index (χ2n) is 7.78. The van der Waals surface area contributed by atoms with Gasteiger partial charge in [-0.2, -0.15) is 0 Å². The van der Waals surface area contributed by atoms with Gasteiger partial charge in [0.1, 0.15) is 0 Å². The normalized spacial score (nSPS) is 12.2. The van der Waals surface area contributed by atoms with E-state index in [1.807, 2.05) is 0 Å². The second-order valence-corrected chi connectivity index (χ2v) is 12.8. The maximum atomic E-state index is 8.88. The molecule has 0 bridgehead atoms. The van der Waals surface area contributed by atoms with E-state index in [-0.39, 0.29) is 0 Å². The van der Waals surface area contributed by atoms with Crippen LogP contribution in [0.1, 0.15) is 12.8 Å². The first kappa shape index (κ1) is 25.4. The van der Waals surface area contributed by atoms with Crippen molar-refractivity contribution >= 4 is 31.0 Å². The maximum absolute atomic E-state index is 8.88. The van der Waals surface area contributed by atoms with Crippen LogP contribution >= 0.6 is 15.1 Å². The Kier molecular flexibility index (Phi) is 10.1. The summed E-state index contributed by atoms with van der Waals surface area (Å²) in [4.78, 5) is 23.9. The molecule has 3 aromatic rings. The van der Waals surface area contributed by atoms with Gasteiger partial charge in [-0.1, -0.05) is 0 Å². The number of benzene rings is 3. The first-order valence-corrected chi connectivity index (χ1v) is 14.1. The standard InChI is InChI=1S/C24H30NP.H3O4P/c1-25(2)20-12-13-21-26(22-14-6-3-7-15-22,23-16-8-4-9-17-23)24-18-10-5-11-19-24;1-5(2,3)4/h3-11,14-19,26H,12-13,20-21H2,1-2H3;(H3,1,2,3,4). The van der Waals surface area contributed by atoms with E-state index >= 15 is 0 Å². The minimum Gasteiger partial charge on any atom is -0.303 e. The van der Waals surface area contributed by atoms with Crippen LogP contribution in [-0.2, 0) is 4.57 Å². The molecule has 0 saturated heterocycles. The molecule has 0 aliphatic carbocycles. The molecule has 5 nitrogen and oxygen atoms in total. The Morgan fingerprint density at radius 3 is 1.29 bits per heavy atom. The van der Waals surface area contributed by atoms with Gasteiger partial charge in [-0.15, -0.1) is 0 Å². The fraction of sp³-hybridized carbons (Fsp3) is 0.250. The molecule has 0 atom stereocenters. The van der Waals surface area contributed by atoms with E-state index in [1.54, 1.807) is 0 Å². The Balaban J connectivity index is 0.000000614. The largest absolute Gasteiger partial charge is 0.466 e. The molecule has 0 fully saturated rings. The summed E-state index contributed by atoms with van der Waals surface area (Å²) in [7, 11) is -2.33. The molecule has 0 spiro atoms. The van der Waals surface area contributed by atoms with Crippen molar-refractivity contribution in [3.8, 4) is 0 Å². The maximum Gasteiger partial charge on any atom is 0.466 e. The van der Waals surface area contributed by atoms with Gasteiger partial charge < -0.3 is 14.7 Å². The van der Waals surface area contributed by atoms with Crippen LogP contribution in [-0.4, -0.2) is 46.4 Å². The molecular weight excluding hydrogens is 428 g/mol. The third kappa shape index (κ3) is 8.31. The van der Waals surface area contributed by atoms with Crippen LogP contribution in [0.3, 0.4) is 0 Å². The second kappa shape index (κ2) is 12.3. The third-order valence-corrected chi connectivity index (χ3v) is 10.3. The molecule has 168 valence electrons. The van der Waals surface area contributed by atoms with E-state index in [9.17, 15) is 0 Å². The molecular formula is C24H33NO4P2. The Morgan fingerprint density at radius 1 is 0.677 bits per heavy atom. The van der Waals surface area contributed by atoms with Gasteiger partial charge in [0.2, 0.25) is 0 Å². The summed E-state index contributed by atoms with van der Waals surface area (Å²) >= 11 is 0. The van der Waals surface area contributed by atoms with Gasteiger partial charge in [-0.3, -0.25) is 0 Å². The number of hydrogen-bond donors (Lipinski definition) is 3. The van der Waals surface area contributed by atoms with Gasteiger partial charge in [0, 0.05) is 0 Å². The first-order valence-electron chi connectivity index (χ1n) is 10.3. The van der Waals surface area contributed by atoms with Crippen LogP contribution in [0.2, 0.25) is 0 Å².